The van der Waals surface area contributed by atoms with Crippen LogP contribution in [0.25, 0.3) is 11.0 Å². The van der Waals surface area contributed by atoms with Crippen molar-refractivity contribution in [3.63, 3.8) is 0 Å². The van der Waals surface area contributed by atoms with E-state index in [2.05, 4.69) is 36.2 Å². The molecule has 5 N–H and O–H groups in total. The third-order valence-corrected chi connectivity index (χ3v) is 4.17. The average Bonchev–Trinajstić information content (AvgIpc) is 2.82. The minimum Gasteiger partial charge on any atom is -0.393 e. The molecule has 0 amide bonds. The van der Waals surface area contributed by atoms with Crippen molar-refractivity contribution >= 4 is 44.3 Å². The van der Waals surface area contributed by atoms with E-state index in [9.17, 15) is 0 Å². The minimum absolute atomic E-state index is 0.0964. The quantitative estimate of drug-likeness (QED) is 0.661. The van der Waals surface area contributed by atoms with Gasteiger partial charge in [-0.15, -0.1) is 0 Å². The van der Waals surface area contributed by atoms with E-state index < -0.39 is 0 Å². The number of nitrogens with zero attached hydrogens (tertiary/aromatic N) is 4. The van der Waals surface area contributed by atoms with Crippen molar-refractivity contribution in [2.75, 3.05) is 16.8 Å². The second-order valence-electron chi connectivity index (χ2n) is 5.02. The lowest BCUT2D eigenvalue weighted by molar-refractivity contribution is 0.730. The van der Waals surface area contributed by atoms with Gasteiger partial charge in [0.2, 0.25) is 0 Å². The van der Waals surface area contributed by atoms with Crippen LogP contribution in [0, 0.1) is 0 Å². The molecule has 7 nitrogen and oxygen atoms in total. The lowest BCUT2D eigenvalue weighted by Gasteiger charge is -2.16. The van der Waals surface area contributed by atoms with Gasteiger partial charge in [-0.1, -0.05) is 6.07 Å². The molecule has 0 spiro atoms. The SMILES string of the molecule is C[C@H](Nc1ncnc(N)c1N)c1nc2cccc(Br)c2n1C. The molecule has 1 aromatic carbocycles. The van der Waals surface area contributed by atoms with Crippen LogP contribution in [0.4, 0.5) is 17.3 Å². The molecule has 1 atom stereocenters. The van der Waals surface area contributed by atoms with Gasteiger partial charge in [-0.3, -0.25) is 0 Å². The minimum atomic E-state index is -0.0964. The highest BCUT2D eigenvalue weighted by Crippen LogP contribution is 2.29. The number of aromatic nitrogens is 4. The fourth-order valence-electron chi connectivity index (χ4n) is 2.42. The van der Waals surface area contributed by atoms with E-state index >= 15 is 0 Å². The highest BCUT2D eigenvalue weighted by atomic mass is 79.9. The van der Waals surface area contributed by atoms with Crippen molar-refractivity contribution in [3.8, 4) is 0 Å². The van der Waals surface area contributed by atoms with Gasteiger partial charge in [0.25, 0.3) is 0 Å². The number of nitrogens with one attached hydrogen (secondary N) is 1. The number of fused-ring (bicyclic) bond motifs is 1. The molecule has 2 aromatic heterocycles. The van der Waals surface area contributed by atoms with Crippen LogP contribution in [0.3, 0.4) is 0 Å². The van der Waals surface area contributed by atoms with Crippen LogP contribution in [-0.2, 0) is 7.05 Å². The Morgan fingerprint density at radius 1 is 1.27 bits per heavy atom. The molecule has 22 heavy (non-hydrogen) atoms. The number of nitrogens with two attached hydrogens (primary N) is 2. The zero-order valence-electron chi connectivity index (χ0n) is 12.2. The molecule has 0 radical (unpaired) electrons. The van der Waals surface area contributed by atoms with Crippen LogP contribution >= 0.6 is 15.9 Å². The highest BCUT2D eigenvalue weighted by Gasteiger charge is 2.17. The second-order valence-corrected chi connectivity index (χ2v) is 5.88. The zero-order chi connectivity index (χ0) is 15.9. The number of rotatable bonds is 3. The third-order valence-electron chi connectivity index (χ3n) is 3.53. The molecule has 0 aliphatic rings. The summed E-state index contributed by atoms with van der Waals surface area (Å²) < 4.78 is 3.04. The Morgan fingerprint density at radius 2 is 2.05 bits per heavy atom. The van der Waals surface area contributed by atoms with Gasteiger partial charge in [-0.25, -0.2) is 15.0 Å². The lowest BCUT2D eigenvalue weighted by Crippen LogP contribution is -2.15. The number of benzene rings is 1. The number of nitrogen functional groups attached to an aromatic ring is 2. The number of anilines is 3. The van der Waals surface area contributed by atoms with Gasteiger partial charge in [0.05, 0.1) is 17.1 Å². The topological polar surface area (TPSA) is 108 Å². The number of aryl methyl sites for hydroxylation is 1. The van der Waals surface area contributed by atoms with Crippen molar-refractivity contribution in [1.29, 1.82) is 0 Å². The first-order valence-corrected chi connectivity index (χ1v) is 7.51. The maximum absolute atomic E-state index is 5.90. The molecule has 0 saturated heterocycles. The summed E-state index contributed by atoms with van der Waals surface area (Å²) in [6.45, 7) is 1.99. The molecule has 0 saturated carbocycles. The maximum Gasteiger partial charge on any atom is 0.155 e. The van der Waals surface area contributed by atoms with Gasteiger partial charge in [0.1, 0.15) is 17.8 Å². The van der Waals surface area contributed by atoms with Gasteiger partial charge in [0.15, 0.2) is 11.6 Å². The van der Waals surface area contributed by atoms with Crippen LogP contribution in [-0.4, -0.2) is 19.5 Å². The predicted octanol–water partition coefficient (Wildman–Crippen LogP) is 2.46. The van der Waals surface area contributed by atoms with Gasteiger partial charge < -0.3 is 21.4 Å². The van der Waals surface area contributed by atoms with E-state index in [1.165, 1.54) is 6.33 Å². The van der Waals surface area contributed by atoms with E-state index in [0.29, 0.717) is 11.5 Å². The molecule has 0 unspecified atom stereocenters. The molecule has 114 valence electrons. The Hall–Kier alpha value is -2.35. The van der Waals surface area contributed by atoms with Gasteiger partial charge in [0, 0.05) is 11.5 Å². The summed E-state index contributed by atoms with van der Waals surface area (Å²) in [7, 11) is 1.98. The van der Waals surface area contributed by atoms with Crippen molar-refractivity contribution in [3.05, 3.63) is 34.8 Å². The monoisotopic (exact) mass is 361 g/mol. The Kier molecular flexibility index (Phi) is 3.61. The normalized spacial score (nSPS) is 12.5. The van der Waals surface area contributed by atoms with Crippen molar-refractivity contribution in [1.82, 2.24) is 19.5 Å². The third kappa shape index (κ3) is 2.35. The van der Waals surface area contributed by atoms with E-state index in [1.54, 1.807) is 0 Å². The standard InChI is InChI=1S/C14H16BrN7/c1-7(20-13-10(16)12(17)18-6-19-13)14-21-9-5-3-4-8(15)11(9)22(14)2/h3-7H,16H2,1-2H3,(H3,17,18,19,20)/t7-/m0/s1. The summed E-state index contributed by atoms with van der Waals surface area (Å²) in [5.74, 6) is 1.64. The Balaban J connectivity index is 1.99. The lowest BCUT2D eigenvalue weighted by atomic mass is 10.3. The summed E-state index contributed by atoms with van der Waals surface area (Å²) in [6, 6.07) is 5.84. The van der Waals surface area contributed by atoms with Crippen LogP contribution in [0.15, 0.2) is 29.0 Å². The van der Waals surface area contributed by atoms with Gasteiger partial charge in [-0.05, 0) is 35.0 Å². The second kappa shape index (κ2) is 5.45. The first-order valence-electron chi connectivity index (χ1n) is 6.72. The molecule has 0 fully saturated rings. The van der Waals surface area contributed by atoms with Crippen LogP contribution in [0.2, 0.25) is 0 Å². The Morgan fingerprint density at radius 3 is 2.77 bits per heavy atom. The number of hydrogen-bond acceptors (Lipinski definition) is 6. The van der Waals surface area contributed by atoms with E-state index in [1.807, 2.05) is 36.7 Å². The van der Waals surface area contributed by atoms with Crippen LogP contribution < -0.4 is 16.8 Å². The van der Waals surface area contributed by atoms with Crippen LogP contribution in [0.1, 0.15) is 18.8 Å². The first-order chi connectivity index (χ1) is 10.5. The van der Waals surface area contributed by atoms with Crippen LogP contribution in [0.5, 0.6) is 0 Å². The molecule has 3 aromatic rings. The van der Waals surface area contributed by atoms with Gasteiger partial charge in [-0.2, -0.15) is 0 Å². The molecule has 0 aliphatic carbocycles. The fourth-order valence-corrected chi connectivity index (χ4v) is 3.04. The highest BCUT2D eigenvalue weighted by molar-refractivity contribution is 9.10. The summed E-state index contributed by atoms with van der Waals surface area (Å²) in [6.07, 6.45) is 1.38. The van der Waals surface area contributed by atoms with E-state index in [-0.39, 0.29) is 11.9 Å². The summed E-state index contributed by atoms with van der Waals surface area (Å²) >= 11 is 3.56. The molecule has 3 rings (SSSR count). The molecular formula is C14H16BrN7. The summed E-state index contributed by atoms with van der Waals surface area (Å²) in [5.41, 5.74) is 13.9. The Bertz CT molecular complexity index is 843. The van der Waals surface area contributed by atoms with Gasteiger partial charge >= 0.3 is 0 Å². The van der Waals surface area contributed by atoms with E-state index in [0.717, 1.165) is 21.3 Å². The smallest absolute Gasteiger partial charge is 0.155 e. The summed E-state index contributed by atoms with van der Waals surface area (Å²) in [5, 5.41) is 3.23. The summed E-state index contributed by atoms with van der Waals surface area (Å²) in [4.78, 5) is 12.7. The molecule has 8 heteroatoms. The number of imidazole rings is 1. The van der Waals surface area contributed by atoms with Crippen molar-refractivity contribution in [2.45, 2.75) is 13.0 Å². The van der Waals surface area contributed by atoms with E-state index in [4.69, 9.17) is 11.5 Å². The maximum atomic E-state index is 5.90. The number of para-hydroxylation sites is 1. The molecule has 0 aliphatic heterocycles. The molecule has 0 bridgehead atoms. The predicted molar refractivity (Wildman–Crippen MR) is 91.3 cm³/mol. The zero-order valence-corrected chi connectivity index (χ0v) is 13.8. The van der Waals surface area contributed by atoms with Crippen molar-refractivity contribution in [2.24, 2.45) is 7.05 Å². The number of hydrogen-bond donors (Lipinski definition) is 3. The largest absolute Gasteiger partial charge is 0.393 e. The average molecular weight is 362 g/mol. The molecule has 2 heterocycles. The molecular weight excluding hydrogens is 346 g/mol. The Labute approximate surface area is 135 Å². The number of halogens is 1. The fraction of sp³-hybridized carbons (Fsp3) is 0.214. The first kappa shape index (κ1) is 14.6. The van der Waals surface area contributed by atoms with Crippen molar-refractivity contribution < 1.29 is 0 Å².